The van der Waals surface area contributed by atoms with Crippen LogP contribution in [-0.2, 0) is 9.53 Å². The third kappa shape index (κ3) is 5.34. The molecule has 148 valence electrons. The second-order valence-electron chi connectivity index (χ2n) is 7.20. The third-order valence-corrected chi connectivity index (χ3v) is 4.20. The number of ether oxygens (including phenoxy) is 1. The Labute approximate surface area is 163 Å². The molecule has 0 unspecified atom stereocenters. The molecule has 0 aliphatic carbocycles. The number of alkyl halides is 1. The molecule has 1 aromatic heterocycles. The largest absolute Gasteiger partial charge is 0.444 e. The molecule has 2 heterocycles. The van der Waals surface area contributed by atoms with Crippen LogP contribution in [0.1, 0.15) is 33.6 Å². The third-order valence-electron chi connectivity index (χ3n) is 3.76. The number of hydrogen-bond donors (Lipinski definition) is 1. The Morgan fingerprint density at radius 3 is 2.74 bits per heavy atom. The molecule has 0 aromatic carbocycles. The standard InChI is InChI=1S/C16H20BrFN4O5/c1-15(2,3)27-14(24)21-6-4-5-16(18,9-21)13(23)20-12-11(22(25)26)7-10(17)8-19-12/h7-8H,4-6,9H2,1-3H3,(H,19,20,23)/t16-/m1/s1. The number of rotatable bonds is 3. The van der Waals surface area contributed by atoms with Crippen molar-refractivity contribution in [3.05, 3.63) is 26.9 Å². The summed E-state index contributed by atoms with van der Waals surface area (Å²) in [6.45, 7) is 4.80. The van der Waals surface area contributed by atoms with Gasteiger partial charge in [-0.15, -0.1) is 0 Å². The van der Waals surface area contributed by atoms with Gasteiger partial charge in [0.15, 0.2) is 0 Å². The van der Waals surface area contributed by atoms with E-state index in [2.05, 4.69) is 26.2 Å². The van der Waals surface area contributed by atoms with E-state index < -0.39 is 40.4 Å². The predicted molar refractivity (Wildman–Crippen MR) is 98.1 cm³/mol. The fourth-order valence-electron chi connectivity index (χ4n) is 2.56. The highest BCUT2D eigenvalue weighted by atomic mass is 79.9. The molecule has 0 bridgehead atoms. The zero-order valence-corrected chi connectivity index (χ0v) is 16.7. The van der Waals surface area contributed by atoms with Gasteiger partial charge in [0.05, 0.1) is 11.5 Å². The summed E-state index contributed by atoms with van der Waals surface area (Å²) in [4.78, 5) is 39.9. The smallest absolute Gasteiger partial charge is 0.410 e. The second kappa shape index (κ2) is 7.75. The molecule has 27 heavy (non-hydrogen) atoms. The summed E-state index contributed by atoms with van der Waals surface area (Å²) in [6, 6.07) is 1.15. The summed E-state index contributed by atoms with van der Waals surface area (Å²) >= 11 is 3.05. The maximum Gasteiger partial charge on any atom is 0.410 e. The van der Waals surface area contributed by atoms with Crippen molar-refractivity contribution in [3.8, 4) is 0 Å². The SMILES string of the molecule is CC(C)(C)OC(=O)N1CCC[C@](F)(C(=O)Nc2ncc(Br)cc2[N+](=O)[O-])C1. The van der Waals surface area contributed by atoms with Crippen LogP contribution in [0.3, 0.4) is 0 Å². The number of halogens is 2. The van der Waals surface area contributed by atoms with Crippen LogP contribution in [0.15, 0.2) is 16.7 Å². The van der Waals surface area contributed by atoms with Crippen LogP contribution in [0, 0.1) is 10.1 Å². The molecule has 0 radical (unpaired) electrons. The molecule has 1 aliphatic rings. The number of nitrogens with zero attached hydrogens (tertiary/aromatic N) is 3. The number of carbonyl (C=O) groups excluding carboxylic acids is 2. The lowest BCUT2D eigenvalue weighted by molar-refractivity contribution is -0.384. The van der Waals surface area contributed by atoms with Crippen LogP contribution in [0.4, 0.5) is 20.7 Å². The summed E-state index contributed by atoms with van der Waals surface area (Å²) in [7, 11) is 0. The monoisotopic (exact) mass is 446 g/mol. The summed E-state index contributed by atoms with van der Waals surface area (Å²) in [5, 5.41) is 13.3. The maximum absolute atomic E-state index is 15.2. The predicted octanol–water partition coefficient (Wildman–Crippen LogP) is 3.43. The highest BCUT2D eigenvalue weighted by Crippen LogP contribution is 2.30. The lowest BCUT2D eigenvalue weighted by atomic mass is 9.94. The number of carbonyl (C=O) groups is 2. The first-order chi connectivity index (χ1) is 12.4. The molecule has 1 fully saturated rings. The van der Waals surface area contributed by atoms with Gasteiger partial charge in [0.25, 0.3) is 5.91 Å². The van der Waals surface area contributed by atoms with E-state index in [-0.39, 0.29) is 25.2 Å². The molecule has 11 heteroatoms. The lowest BCUT2D eigenvalue weighted by Gasteiger charge is -2.36. The Hall–Kier alpha value is -2.30. The maximum atomic E-state index is 15.2. The van der Waals surface area contributed by atoms with Gasteiger partial charge in [-0.25, -0.2) is 14.2 Å². The molecule has 1 aromatic rings. The summed E-state index contributed by atoms with van der Waals surface area (Å²) < 4.78 is 20.8. The molecule has 1 N–H and O–H groups in total. The molecular formula is C16H20BrFN4O5. The topological polar surface area (TPSA) is 115 Å². The number of hydrogen-bond acceptors (Lipinski definition) is 6. The Morgan fingerprint density at radius 1 is 1.48 bits per heavy atom. The summed E-state index contributed by atoms with van der Waals surface area (Å²) in [5.74, 6) is -1.45. The number of anilines is 1. The van der Waals surface area contributed by atoms with E-state index in [4.69, 9.17) is 4.74 Å². The number of piperidine rings is 1. The second-order valence-corrected chi connectivity index (χ2v) is 8.12. The minimum Gasteiger partial charge on any atom is -0.444 e. The first-order valence-corrected chi connectivity index (χ1v) is 8.99. The van der Waals surface area contributed by atoms with E-state index in [0.29, 0.717) is 4.47 Å². The highest BCUT2D eigenvalue weighted by molar-refractivity contribution is 9.10. The lowest BCUT2D eigenvalue weighted by Crippen LogP contribution is -2.54. The molecule has 0 spiro atoms. The van der Waals surface area contributed by atoms with E-state index in [1.165, 1.54) is 6.20 Å². The molecule has 2 amide bonds. The van der Waals surface area contributed by atoms with Gasteiger partial charge in [-0.1, -0.05) is 0 Å². The fourth-order valence-corrected chi connectivity index (χ4v) is 2.88. The van der Waals surface area contributed by atoms with Gasteiger partial charge in [0, 0.05) is 23.3 Å². The quantitative estimate of drug-likeness (QED) is 0.561. The van der Waals surface area contributed by atoms with Crippen LogP contribution < -0.4 is 5.32 Å². The van der Waals surface area contributed by atoms with Gasteiger partial charge in [0.1, 0.15) is 5.60 Å². The van der Waals surface area contributed by atoms with Crippen LogP contribution in [-0.4, -0.2) is 51.2 Å². The van der Waals surface area contributed by atoms with Crippen molar-refractivity contribution in [1.82, 2.24) is 9.88 Å². The number of nitrogens with one attached hydrogen (secondary N) is 1. The van der Waals surface area contributed by atoms with E-state index in [9.17, 15) is 19.7 Å². The highest BCUT2D eigenvalue weighted by Gasteiger charge is 2.45. The van der Waals surface area contributed by atoms with Crippen LogP contribution >= 0.6 is 15.9 Å². The summed E-state index contributed by atoms with van der Waals surface area (Å²) in [5.41, 5.74) is -3.63. The Bertz CT molecular complexity index is 770. The van der Waals surface area contributed by atoms with E-state index in [1.807, 2.05) is 0 Å². The van der Waals surface area contributed by atoms with Crippen molar-refractivity contribution in [2.45, 2.75) is 44.9 Å². The van der Waals surface area contributed by atoms with Gasteiger partial charge >= 0.3 is 11.8 Å². The molecule has 9 nitrogen and oxygen atoms in total. The average Bonchev–Trinajstić information content (AvgIpc) is 2.54. The van der Waals surface area contributed by atoms with Crippen molar-refractivity contribution in [3.63, 3.8) is 0 Å². The molecule has 1 aliphatic heterocycles. The van der Waals surface area contributed by atoms with Crippen molar-refractivity contribution >= 4 is 39.4 Å². The van der Waals surface area contributed by atoms with Gasteiger partial charge in [-0.2, -0.15) is 0 Å². The number of amides is 2. The zero-order valence-electron chi connectivity index (χ0n) is 15.1. The number of nitro groups is 1. The van der Waals surface area contributed by atoms with Crippen molar-refractivity contribution < 1.29 is 23.6 Å². The van der Waals surface area contributed by atoms with Crippen molar-refractivity contribution in [2.24, 2.45) is 0 Å². The average molecular weight is 447 g/mol. The Balaban J connectivity index is 2.16. The minimum absolute atomic E-state index is 0.123. The van der Waals surface area contributed by atoms with Crippen LogP contribution in [0.2, 0.25) is 0 Å². The fraction of sp³-hybridized carbons (Fsp3) is 0.562. The zero-order chi connectivity index (χ0) is 20.4. The Kier molecular flexibility index (Phi) is 6.03. The minimum atomic E-state index is -2.40. The van der Waals surface area contributed by atoms with Crippen LogP contribution in [0.25, 0.3) is 0 Å². The van der Waals surface area contributed by atoms with Gasteiger partial charge in [0.2, 0.25) is 11.5 Å². The van der Waals surface area contributed by atoms with Crippen molar-refractivity contribution in [2.75, 3.05) is 18.4 Å². The molecule has 0 saturated carbocycles. The molecule has 2 rings (SSSR count). The molecule has 1 atom stereocenters. The first-order valence-electron chi connectivity index (χ1n) is 8.19. The molecular weight excluding hydrogens is 427 g/mol. The Morgan fingerprint density at radius 2 is 2.15 bits per heavy atom. The van der Waals surface area contributed by atoms with E-state index in [1.54, 1.807) is 20.8 Å². The number of pyridine rings is 1. The van der Waals surface area contributed by atoms with E-state index in [0.717, 1.165) is 11.0 Å². The first kappa shape index (κ1) is 21.0. The van der Waals surface area contributed by atoms with Gasteiger partial charge in [-0.05, 0) is 49.5 Å². The van der Waals surface area contributed by atoms with Gasteiger partial charge in [-0.3, -0.25) is 14.9 Å². The van der Waals surface area contributed by atoms with Crippen molar-refractivity contribution in [1.29, 1.82) is 0 Å². The molecule has 1 saturated heterocycles. The number of aromatic nitrogens is 1. The van der Waals surface area contributed by atoms with E-state index >= 15 is 4.39 Å². The van der Waals surface area contributed by atoms with Crippen LogP contribution in [0.5, 0.6) is 0 Å². The van der Waals surface area contributed by atoms with Gasteiger partial charge < -0.3 is 15.0 Å². The summed E-state index contributed by atoms with van der Waals surface area (Å²) in [6.07, 6.45) is 0.660. The normalized spacial score (nSPS) is 20.1. The number of likely N-dealkylation sites (tertiary alicyclic amines) is 1.